The molecule has 0 bridgehead atoms. The molecule has 112 valence electrons. The van der Waals surface area contributed by atoms with E-state index in [-0.39, 0.29) is 9.77 Å². The van der Waals surface area contributed by atoms with Crippen molar-refractivity contribution >= 4 is 38.9 Å². The molecule has 21 heavy (non-hydrogen) atoms. The molecule has 8 heteroatoms. The molecule has 1 unspecified atom stereocenters. The van der Waals surface area contributed by atoms with Crippen molar-refractivity contribution in [3.63, 3.8) is 0 Å². The first-order valence-corrected chi connectivity index (χ1v) is 8.64. The summed E-state index contributed by atoms with van der Waals surface area (Å²) in [6.07, 6.45) is 0. The number of hydrogen-bond donors (Lipinski definition) is 2. The highest BCUT2D eigenvalue weighted by molar-refractivity contribution is 7.89. The van der Waals surface area contributed by atoms with Gasteiger partial charge < -0.3 is 5.11 Å². The van der Waals surface area contributed by atoms with Crippen LogP contribution in [0.3, 0.4) is 0 Å². The molecule has 0 spiro atoms. The van der Waals surface area contributed by atoms with E-state index in [2.05, 4.69) is 4.72 Å². The van der Waals surface area contributed by atoms with Crippen LogP contribution in [0.1, 0.15) is 28.2 Å². The number of thiophene rings is 1. The Balaban J connectivity index is 2.24. The van der Waals surface area contributed by atoms with Crippen LogP contribution in [0.5, 0.6) is 0 Å². The van der Waals surface area contributed by atoms with E-state index in [1.165, 1.54) is 5.38 Å². The van der Waals surface area contributed by atoms with Crippen LogP contribution in [-0.2, 0) is 10.0 Å². The van der Waals surface area contributed by atoms with E-state index in [4.69, 9.17) is 16.7 Å². The highest BCUT2D eigenvalue weighted by Crippen LogP contribution is 2.25. The lowest BCUT2D eigenvalue weighted by atomic mass is 10.1. The number of carbonyl (C=O) groups is 1. The number of hydrogen-bond acceptors (Lipinski definition) is 4. The van der Waals surface area contributed by atoms with Gasteiger partial charge in [0.2, 0.25) is 10.0 Å². The molecule has 0 radical (unpaired) electrons. The van der Waals surface area contributed by atoms with Gasteiger partial charge in [0.15, 0.2) is 0 Å². The van der Waals surface area contributed by atoms with E-state index < -0.39 is 22.0 Å². The van der Waals surface area contributed by atoms with Gasteiger partial charge in [-0.3, -0.25) is 0 Å². The first-order valence-electron chi connectivity index (χ1n) is 5.90. The minimum absolute atomic E-state index is 0.0271. The molecule has 0 fully saturated rings. The Morgan fingerprint density at radius 2 is 2.05 bits per heavy atom. The molecule has 0 saturated carbocycles. The molecule has 0 saturated heterocycles. The number of halogens is 1. The van der Waals surface area contributed by atoms with Crippen molar-refractivity contribution in [2.24, 2.45) is 0 Å². The molecule has 1 aromatic carbocycles. The maximum Gasteiger partial charge on any atom is 0.345 e. The molecule has 2 rings (SSSR count). The van der Waals surface area contributed by atoms with Crippen LogP contribution in [-0.4, -0.2) is 19.5 Å². The highest BCUT2D eigenvalue weighted by atomic mass is 35.5. The van der Waals surface area contributed by atoms with E-state index in [1.54, 1.807) is 31.2 Å². The zero-order valence-electron chi connectivity index (χ0n) is 10.9. The van der Waals surface area contributed by atoms with Crippen LogP contribution in [0.15, 0.2) is 40.6 Å². The predicted molar refractivity (Wildman–Crippen MR) is 81.5 cm³/mol. The van der Waals surface area contributed by atoms with Gasteiger partial charge in [-0.05, 0) is 24.6 Å². The van der Waals surface area contributed by atoms with Gasteiger partial charge in [-0.15, -0.1) is 11.3 Å². The minimum Gasteiger partial charge on any atom is -0.477 e. The second kappa shape index (κ2) is 6.15. The van der Waals surface area contributed by atoms with Gasteiger partial charge in [0.1, 0.15) is 4.88 Å². The maximum absolute atomic E-state index is 12.2. The highest BCUT2D eigenvalue weighted by Gasteiger charge is 2.22. The Morgan fingerprint density at radius 1 is 1.38 bits per heavy atom. The van der Waals surface area contributed by atoms with E-state index in [9.17, 15) is 13.2 Å². The molecule has 1 heterocycles. The summed E-state index contributed by atoms with van der Waals surface area (Å²) in [6.45, 7) is 1.67. The number of nitrogens with one attached hydrogen (secondary N) is 1. The largest absolute Gasteiger partial charge is 0.477 e. The molecule has 5 nitrogen and oxygen atoms in total. The molecule has 2 N–H and O–H groups in total. The van der Waals surface area contributed by atoms with Gasteiger partial charge in [0.25, 0.3) is 0 Å². The Morgan fingerprint density at radius 3 is 2.62 bits per heavy atom. The van der Waals surface area contributed by atoms with Crippen LogP contribution in [0, 0.1) is 0 Å². The summed E-state index contributed by atoms with van der Waals surface area (Å²) in [5.74, 6) is -1.15. The maximum atomic E-state index is 12.2. The topological polar surface area (TPSA) is 83.5 Å². The Kier molecular flexibility index (Phi) is 4.67. The molecule has 0 amide bonds. The van der Waals surface area contributed by atoms with Gasteiger partial charge in [-0.25, -0.2) is 17.9 Å². The fourth-order valence-electron chi connectivity index (χ4n) is 1.76. The summed E-state index contributed by atoms with van der Waals surface area (Å²) in [6, 6.07) is 7.52. The monoisotopic (exact) mass is 345 g/mol. The fourth-order valence-corrected chi connectivity index (χ4v) is 4.40. The van der Waals surface area contributed by atoms with Crippen LogP contribution in [0.25, 0.3) is 0 Å². The molecule has 0 aliphatic carbocycles. The Hall–Kier alpha value is -1.41. The third kappa shape index (κ3) is 3.62. The quantitative estimate of drug-likeness (QED) is 0.872. The number of rotatable bonds is 5. The summed E-state index contributed by atoms with van der Waals surface area (Å²) in [7, 11) is -3.80. The van der Waals surface area contributed by atoms with Crippen LogP contribution < -0.4 is 4.72 Å². The molecular weight excluding hydrogens is 334 g/mol. The van der Waals surface area contributed by atoms with Gasteiger partial charge in [-0.2, -0.15) is 0 Å². The van der Waals surface area contributed by atoms with Gasteiger partial charge in [0.05, 0.1) is 4.90 Å². The third-order valence-electron chi connectivity index (χ3n) is 2.80. The van der Waals surface area contributed by atoms with Crippen LogP contribution >= 0.6 is 22.9 Å². The average Bonchev–Trinajstić information content (AvgIpc) is 2.89. The molecule has 0 aliphatic heterocycles. The predicted octanol–water partition coefficient (Wildman–Crippen LogP) is 3.14. The smallest absolute Gasteiger partial charge is 0.345 e. The molecule has 1 aromatic heterocycles. The van der Waals surface area contributed by atoms with Crippen molar-refractivity contribution in [3.05, 3.63) is 51.2 Å². The lowest BCUT2D eigenvalue weighted by Gasteiger charge is -2.15. The zero-order valence-corrected chi connectivity index (χ0v) is 13.3. The van der Waals surface area contributed by atoms with Crippen molar-refractivity contribution in [2.75, 3.05) is 0 Å². The zero-order chi connectivity index (χ0) is 15.6. The number of aromatic carboxylic acids is 1. The Bertz CT molecular complexity index is 770. The minimum atomic E-state index is -3.80. The number of carboxylic acids is 1. The van der Waals surface area contributed by atoms with Crippen molar-refractivity contribution in [2.45, 2.75) is 17.9 Å². The van der Waals surface area contributed by atoms with Crippen molar-refractivity contribution in [1.29, 1.82) is 0 Å². The SMILES string of the molecule is CC(NS(=O)(=O)c1csc(C(=O)O)c1)c1ccccc1Cl. The molecular formula is C13H12ClNO4S2. The molecule has 1 atom stereocenters. The second-order valence-electron chi connectivity index (χ2n) is 4.32. The third-order valence-corrected chi connectivity index (χ3v) is 5.73. The van der Waals surface area contributed by atoms with Crippen molar-refractivity contribution in [3.8, 4) is 0 Å². The van der Waals surface area contributed by atoms with E-state index in [1.807, 2.05) is 0 Å². The van der Waals surface area contributed by atoms with Crippen molar-refractivity contribution < 1.29 is 18.3 Å². The van der Waals surface area contributed by atoms with Crippen LogP contribution in [0.4, 0.5) is 0 Å². The summed E-state index contributed by atoms with van der Waals surface area (Å²) < 4.78 is 26.9. The van der Waals surface area contributed by atoms with Gasteiger partial charge in [-0.1, -0.05) is 29.8 Å². The number of carboxylic acid groups (broad SMARTS) is 1. The first kappa shape index (κ1) is 16.0. The molecule has 2 aromatic rings. The van der Waals surface area contributed by atoms with Crippen LogP contribution in [0.2, 0.25) is 5.02 Å². The number of benzene rings is 1. The summed E-state index contributed by atoms with van der Waals surface area (Å²) >= 11 is 6.89. The first-order chi connectivity index (χ1) is 9.81. The van der Waals surface area contributed by atoms with E-state index in [0.29, 0.717) is 10.6 Å². The average molecular weight is 346 g/mol. The summed E-state index contributed by atoms with van der Waals surface area (Å²) in [5, 5.41) is 10.6. The van der Waals surface area contributed by atoms with E-state index >= 15 is 0 Å². The summed E-state index contributed by atoms with van der Waals surface area (Å²) in [4.78, 5) is 10.7. The summed E-state index contributed by atoms with van der Waals surface area (Å²) in [5.41, 5.74) is 0.649. The number of sulfonamides is 1. The van der Waals surface area contributed by atoms with Gasteiger partial charge in [0, 0.05) is 16.4 Å². The lowest BCUT2D eigenvalue weighted by Crippen LogP contribution is -2.26. The van der Waals surface area contributed by atoms with Crippen molar-refractivity contribution in [1.82, 2.24) is 4.72 Å². The van der Waals surface area contributed by atoms with Gasteiger partial charge >= 0.3 is 5.97 Å². The second-order valence-corrected chi connectivity index (χ2v) is 7.35. The lowest BCUT2D eigenvalue weighted by molar-refractivity contribution is 0.0702. The Labute approximate surface area is 131 Å². The van der Waals surface area contributed by atoms with E-state index in [0.717, 1.165) is 17.4 Å². The fraction of sp³-hybridized carbons (Fsp3) is 0.154. The normalized spacial score (nSPS) is 13.0. The molecule has 0 aliphatic rings. The standard InChI is InChI=1S/C13H12ClNO4S2/c1-8(10-4-2-3-5-11(10)14)15-21(18,19)9-6-12(13(16)17)20-7-9/h2-8,15H,1H3,(H,16,17).